The van der Waals surface area contributed by atoms with Gasteiger partial charge in [0.2, 0.25) is 0 Å². The Bertz CT molecular complexity index is 1010. The van der Waals surface area contributed by atoms with Crippen molar-refractivity contribution in [2.45, 2.75) is 11.8 Å². The van der Waals surface area contributed by atoms with Crippen LogP contribution in [0.4, 0.5) is 17.1 Å². The van der Waals surface area contributed by atoms with Gasteiger partial charge in [0, 0.05) is 11.9 Å². The molecule has 2 aromatic rings. The van der Waals surface area contributed by atoms with Crippen molar-refractivity contribution in [1.82, 2.24) is 0 Å². The second-order valence-electron chi connectivity index (χ2n) is 5.36. The van der Waals surface area contributed by atoms with E-state index < -0.39 is 16.0 Å². The van der Waals surface area contributed by atoms with Crippen LogP contribution in [-0.4, -0.2) is 18.9 Å². The van der Waals surface area contributed by atoms with E-state index in [1.165, 1.54) is 18.3 Å². The van der Waals surface area contributed by atoms with E-state index in [2.05, 4.69) is 10.6 Å². The van der Waals surface area contributed by atoms with Gasteiger partial charge in [-0.15, -0.1) is 0 Å². The van der Waals surface area contributed by atoms with Crippen LogP contribution >= 0.6 is 0 Å². The average Bonchev–Trinajstić information content (AvgIpc) is 2.56. The highest BCUT2D eigenvalue weighted by Gasteiger charge is 2.12. The topological polar surface area (TPSA) is 145 Å². The van der Waals surface area contributed by atoms with Crippen molar-refractivity contribution >= 4 is 33.1 Å². The third kappa shape index (κ3) is 4.83. The standard InChI is InChI=1S/C17H16N4O4S/c1-11-2-7-16(15(19)8-11)20-10-12(9-18)17(22)21-13-3-5-14(6-4-13)26(23,24)25/h2-8,10,20H,19H2,1H3,(H,21,22)(H,23,24,25)/b12-10-. The van der Waals surface area contributed by atoms with Gasteiger partial charge >= 0.3 is 0 Å². The predicted octanol–water partition coefficient (Wildman–Crippen LogP) is 2.28. The molecule has 0 atom stereocenters. The Hall–Kier alpha value is -3.35. The second-order valence-corrected chi connectivity index (χ2v) is 6.78. The molecule has 1 amide bonds. The smallest absolute Gasteiger partial charge is 0.294 e. The molecule has 2 rings (SSSR count). The molecule has 8 nitrogen and oxygen atoms in total. The van der Waals surface area contributed by atoms with Crippen LogP contribution in [-0.2, 0) is 14.9 Å². The molecule has 0 aromatic heterocycles. The van der Waals surface area contributed by atoms with E-state index in [4.69, 9.17) is 15.5 Å². The van der Waals surface area contributed by atoms with Crippen molar-refractivity contribution in [1.29, 1.82) is 5.26 Å². The molecule has 0 aliphatic rings. The summed E-state index contributed by atoms with van der Waals surface area (Å²) < 4.78 is 30.9. The summed E-state index contributed by atoms with van der Waals surface area (Å²) in [5, 5.41) is 14.4. The lowest BCUT2D eigenvalue weighted by Gasteiger charge is -2.08. The van der Waals surface area contributed by atoms with Gasteiger partial charge in [-0.1, -0.05) is 6.07 Å². The van der Waals surface area contributed by atoms with Crippen LogP contribution in [0.5, 0.6) is 0 Å². The van der Waals surface area contributed by atoms with E-state index in [1.54, 1.807) is 18.2 Å². The summed E-state index contributed by atoms with van der Waals surface area (Å²) >= 11 is 0. The molecule has 0 spiro atoms. The Morgan fingerprint density at radius 2 is 1.88 bits per heavy atom. The summed E-state index contributed by atoms with van der Waals surface area (Å²) in [5.74, 6) is -0.690. The number of nitrogens with one attached hydrogen (secondary N) is 2. The molecule has 0 saturated heterocycles. The van der Waals surface area contributed by atoms with Crippen LogP contribution in [0, 0.1) is 18.3 Å². The molecule has 9 heteroatoms. The monoisotopic (exact) mass is 372 g/mol. The van der Waals surface area contributed by atoms with Gasteiger partial charge in [0.1, 0.15) is 11.6 Å². The Labute approximate surface area is 150 Å². The van der Waals surface area contributed by atoms with E-state index in [-0.39, 0.29) is 16.2 Å². The summed E-state index contributed by atoms with van der Waals surface area (Å²) in [4.78, 5) is 11.8. The minimum Gasteiger partial charge on any atom is -0.397 e. The lowest BCUT2D eigenvalue weighted by molar-refractivity contribution is -0.112. The number of nitrogen functional groups attached to an aromatic ring is 1. The number of benzene rings is 2. The molecule has 0 aliphatic carbocycles. The number of nitrogens with two attached hydrogens (primary N) is 1. The highest BCUT2D eigenvalue weighted by atomic mass is 32.2. The van der Waals surface area contributed by atoms with Crippen molar-refractivity contribution in [3.63, 3.8) is 0 Å². The number of amides is 1. The molecule has 0 fully saturated rings. The fourth-order valence-electron chi connectivity index (χ4n) is 2.02. The number of anilines is 3. The molecule has 0 aliphatic heterocycles. The van der Waals surface area contributed by atoms with Gasteiger partial charge in [0.05, 0.1) is 16.3 Å². The SMILES string of the molecule is Cc1ccc(N/C=C(/C#N)C(=O)Nc2ccc(S(=O)(=O)O)cc2)c(N)c1. The van der Waals surface area contributed by atoms with Gasteiger partial charge in [-0.2, -0.15) is 13.7 Å². The maximum Gasteiger partial charge on any atom is 0.294 e. The van der Waals surface area contributed by atoms with Crippen molar-refractivity contribution in [2.24, 2.45) is 0 Å². The first kappa shape index (κ1) is 19.0. The van der Waals surface area contributed by atoms with Gasteiger partial charge in [-0.05, 0) is 48.9 Å². The first-order valence-corrected chi connectivity index (χ1v) is 8.76. The number of nitrogens with zero attached hydrogens (tertiary/aromatic N) is 1. The first-order valence-electron chi connectivity index (χ1n) is 7.32. The number of hydrogen-bond acceptors (Lipinski definition) is 6. The molecule has 0 heterocycles. The number of aryl methyl sites for hydroxylation is 1. The molecule has 0 unspecified atom stereocenters. The number of rotatable bonds is 5. The van der Waals surface area contributed by atoms with Crippen molar-refractivity contribution in [3.05, 3.63) is 59.8 Å². The fourth-order valence-corrected chi connectivity index (χ4v) is 2.50. The third-order valence-corrected chi connectivity index (χ3v) is 4.22. The Morgan fingerprint density at radius 1 is 1.23 bits per heavy atom. The van der Waals surface area contributed by atoms with E-state index in [0.717, 1.165) is 17.7 Å². The van der Waals surface area contributed by atoms with Gasteiger partial charge < -0.3 is 16.4 Å². The van der Waals surface area contributed by atoms with Crippen molar-refractivity contribution < 1.29 is 17.8 Å². The Morgan fingerprint density at radius 3 is 2.42 bits per heavy atom. The number of carbonyl (C=O) groups excluding carboxylic acids is 1. The maximum absolute atomic E-state index is 12.1. The van der Waals surface area contributed by atoms with Crippen LogP contribution in [0.15, 0.2) is 59.1 Å². The van der Waals surface area contributed by atoms with E-state index in [0.29, 0.717) is 11.4 Å². The van der Waals surface area contributed by atoms with Gasteiger partial charge in [0.15, 0.2) is 0 Å². The summed E-state index contributed by atoms with van der Waals surface area (Å²) in [6, 6.07) is 11.9. The zero-order valence-electron chi connectivity index (χ0n) is 13.7. The van der Waals surface area contributed by atoms with Crippen molar-refractivity contribution in [3.8, 4) is 6.07 Å². The summed E-state index contributed by atoms with van der Waals surface area (Å²) in [6.45, 7) is 1.89. The Kier molecular flexibility index (Phi) is 5.61. The lowest BCUT2D eigenvalue weighted by Crippen LogP contribution is -2.14. The quantitative estimate of drug-likeness (QED) is 0.272. The lowest BCUT2D eigenvalue weighted by atomic mass is 10.2. The largest absolute Gasteiger partial charge is 0.397 e. The van der Waals surface area contributed by atoms with Crippen LogP contribution in [0.2, 0.25) is 0 Å². The Balaban J connectivity index is 2.12. The van der Waals surface area contributed by atoms with Crippen molar-refractivity contribution in [2.75, 3.05) is 16.4 Å². The molecule has 5 N–H and O–H groups in total. The number of carbonyl (C=O) groups is 1. The highest BCUT2D eigenvalue weighted by Crippen LogP contribution is 2.20. The normalized spacial score (nSPS) is 11.5. The number of nitriles is 1. The summed E-state index contributed by atoms with van der Waals surface area (Å²) in [5.41, 5.74) is 7.91. The fraction of sp³-hybridized carbons (Fsp3) is 0.0588. The zero-order valence-corrected chi connectivity index (χ0v) is 14.5. The molecule has 0 radical (unpaired) electrons. The molecule has 2 aromatic carbocycles. The molecule has 0 bridgehead atoms. The van der Waals surface area contributed by atoms with Crippen LogP contribution in [0.3, 0.4) is 0 Å². The minimum absolute atomic E-state index is 0.205. The second kappa shape index (κ2) is 7.69. The van der Waals surface area contributed by atoms with E-state index >= 15 is 0 Å². The van der Waals surface area contributed by atoms with Gasteiger partial charge in [-0.3, -0.25) is 9.35 Å². The highest BCUT2D eigenvalue weighted by molar-refractivity contribution is 7.85. The average molecular weight is 372 g/mol. The van der Waals surface area contributed by atoms with E-state index in [1.807, 2.05) is 13.0 Å². The van der Waals surface area contributed by atoms with Crippen LogP contribution in [0.25, 0.3) is 0 Å². The minimum atomic E-state index is -4.31. The van der Waals surface area contributed by atoms with Crippen LogP contribution < -0.4 is 16.4 Å². The molecular weight excluding hydrogens is 356 g/mol. The van der Waals surface area contributed by atoms with E-state index in [9.17, 15) is 13.2 Å². The molecule has 0 saturated carbocycles. The predicted molar refractivity (Wildman–Crippen MR) is 97.8 cm³/mol. The first-order chi connectivity index (χ1) is 12.2. The van der Waals surface area contributed by atoms with Gasteiger partial charge in [0.25, 0.3) is 16.0 Å². The van der Waals surface area contributed by atoms with Gasteiger partial charge in [-0.25, -0.2) is 0 Å². The number of hydrogen-bond donors (Lipinski definition) is 4. The molecule has 134 valence electrons. The van der Waals surface area contributed by atoms with Crippen LogP contribution in [0.1, 0.15) is 5.56 Å². The maximum atomic E-state index is 12.1. The summed E-state index contributed by atoms with van der Waals surface area (Å²) in [6.07, 6.45) is 1.23. The molecule has 26 heavy (non-hydrogen) atoms. The molecular formula is C17H16N4O4S. The third-order valence-electron chi connectivity index (χ3n) is 3.35. The summed E-state index contributed by atoms with van der Waals surface area (Å²) in [7, 11) is -4.31. The zero-order chi connectivity index (χ0) is 19.3.